The van der Waals surface area contributed by atoms with E-state index in [1.54, 1.807) is 18.0 Å². The SMILES string of the molecule is Cc1cccn2cc(CSc3nnc(C4CC4)n3Cc3ccco3)nc12. The van der Waals surface area contributed by atoms with Crippen LogP contribution in [0.5, 0.6) is 0 Å². The zero-order chi connectivity index (χ0) is 17.5. The molecule has 6 nitrogen and oxygen atoms in total. The Hall–Kier alpha value is -2.54. The van der Waals surface area contributed by atoms with Crippen molar-refractivity contribution >= 4 is 17.4 Å². The van der Waals surface area contributed by atoms with Crippen LogP contribution < -0.4 is 0 Å². The van der Waals surface area contributed by atoms with E-state index in [2.05, 4.69) is 38.4 Å². The van der Waals surface area contributed by atoms with Crippen LogP contribution in [-0.4, -0.2) is 24.1 Å². The molecular formula is C19H19N5OS. The highest BCUT2D eigenvalue weighted by Gasteiger charge is 2.30. The van der Waals surface area contributed by atoms with Gasteiger partial charge in [-0.15, -0.1) is 10.2 Å². The first kappa shape index (κ1) is 15.7. The van der Waals surface area contributed by atoms with Crippen molar-refractivity contribution in [2.24, 2.45) is 0 Å². The first-order valence-electron chi connectivity index (χ1n) is 8.79. The molecule has 1 saturated carbocycles. The van der Waals surface area contributed by atoms with Gasteiger partial charge in [-0.05, 0) is 43.5 Å². The van der Waals surface area contributed by atoms with Crippen molar-refractivity contribution in [2.45, 2.75) is 43.1 Å². The molecule has 26 heavy (non-hydrogen) atoms. The van der Waals surface area contributed by atoms with E-state index in [-0.39, 0.29) is 0 Å². The number of aryl methyl sites for hydroxylation is 1. The molecule has 0 bridgehead atoms. The summed E-state index contributed by atoms with van der Waals surface area (Å²) in [6.45, 7) is 2.76. The molecule has 0 unspecified atom stereocenters. The molecule has 7 heteroatoms. The van der Waals surface area contributed by atoms with E-state index in [0.29, 0.717) is 12.5 Å². The minimum Gasteiger partial charge on any atom is -0.467 e. The second-order valence-corrected chi connectivity index (χ2v) is 7.67. The Kier molecular flexibility index (Phi) is 3.81. The summed E-state index contributed by atoms with van der Waals surface area (Å²) in [6.07, 6.45) is 8.24. The Bertz CT molecular complexity index is 1050. The van der Waals surface area contributed by atoms with Crippen molar-refractivity contribution in [3.05, 3.63) is 65.8 Å². The zero-order valence-electron chi connectivity index (χ0n) is 14.5. The number of hydrogen-bond acceptors (Lipinski definition) is 5. The Morgan fingerprint density at radius 3 is 2.92 bits per heavy atom. The van der Waals surface area contributed by atoms with Crippen molar-refractivity contribution < 1.29 is 4.42 Å². The molecule has 4 aromatic rings. The third kappa shape index (κ3) is 2.92. The molecule has 0 amide bonds. The fourth-order valence-electron chi connectivity index (χ4n) is 3.17. The Morgan fingerprint density at radius 2 is 2.15 bits per heavy atom. The standard InChI is InChI=1S/C19H19N5OS/c1-13-4-2-8-23-10-15(20-17(13)23)12-26-19-22-21-18(14-6-7-14)24(19)11-16-5-3-9-25-16/h2-5,8-10,14H,6-7,11-12H2,1H3. The first-order valence-corrected chi connectivity index (χ1v) is 9.78. The van der Waals surface area contributed by atoms with Crippen LogP contribution in [-0.2, 0) is 12.3 Å². The normalized spacial score (nSPS) is 14.3. The fourth-order valence-corrected chi connectivity index (χ4v) is 4.00. The van der Waals surface area contributed by atoms with E-state index in [1.165, 1.54) is 18.4 Å². The fraction of sp³-hybridized carbons (Fsp3) is 0.316. The molecule has 132 valence electrons. The lowest BCUT2D eigenvalue weighted by molar-refractivity contribution is 0.478. The molecule has 0 aromatic carbocycles. The highest BCUT2D eigenvalue weighted by atomic mass is 32.2. The van der Waals surface area contributed by atoms with E-state index in [0.717, 1.165) is 33.8 Å². The molecule has 1 aliphatic carbocycles. The van der Waals surface area contributed by atoms with Crippen LogP contribution >= 0.6 is 11.8 Å². The predicted octanol–water partition coefficient (Wildman–Crippen LogP) is 4.05. The smallest absolute Gasteiger partial charge is 0.192 e. The molecule has 5 rings (SSSR count). The quantitative estimate of drug-likeness (QED) is 0.483. The van der Waals surface area contributed by atoms with Crippen LogP contribution in [0.4, 0.5) is 0 Å². The number of aromatic nitrogens is 5. The van der Waals surface area contributed by atoms with Crippen molar-refractivity contribution in [3.63, 3.8) is 0 Å². The maximum atomic E-state index is 5.53. The molecular weight excluding hydrogens is 346 g/mol. The molecule has 0 saturated heterocycles. The van der Waals surface area contributed by atoms with Gasteiger partial charge in [0.2, 0.25) is 0 Å². The number of hydrogen-bond donors (Lipinski definition) is 0. The van der Waals surface area contributed by atoms with Crippen LogP contribution in [0.15, 0.2) is 52.5 Å². The molecule has 4 aromatic heterocycles. The number of pyridine rings is 1. The Morgan fingerprint density at radius 1 is 1.23 bits per heavy atom. The number of furan rings is 1. The maximum absolute atomic E-state index is 5.53. The first-order chi connectivity index (χ1) is 12.8. The van der Waals surface area contributed by atoms with Gasteiger partial charge in [0.05, 0.1) is 18.5 Å². The van der Waals surface area contributed by atoms with E-state index < -0.39 is 0 Å². The minimum atomic E-state index is 0.546. The van der Waals surface area contributed by atoms with Crippen molar-refractivity contribution in [1.29, 1.82) is 0 Å². The summed E-state index contributed by atoms with van der Waals surface area (Å²) in [7, 11) is 0. The van der Waals surface area contributed by atoms with Gasteiger partial charge in [0, 0.05) is 24.1 Å². The van der Waals surface area contributed by atoms with Gasteiger partial charge in [0.15, 0.2) is 5.16 Å². The summed E-state index contributed by atoms with van der Waals surface area (Å²) in [5, 5.41) is 9.82. The van der Waals surface area contributed by atoms with Gasteiger partial charge in [-0.3, -0.25) is 4.57 Å². The monoisotopic (exact) mass is 365 g/mol. The Balaban J connectivity index is 1.40. The second kappa shape index (κ2) is 6.32. The third-order valence-electron chi connectivity index (χ3n) is 4.66. The van der Waals surface area contributed by atoms with Gasteiger partial charge < -0.3 is 8.82 Å². The minimum absolute atomic E-state index is 0.546. The van der Waals surface area contributed by atoms with Crippen LogP contribution in [0.3, 0.4) is 0 Å². The molecule has 4 heterocycles. The van der Waals surface area contributed by atoms with Crippen LogP contribution in [0.1, 0.15) is 41.6 Å². The molecule has 0 atom stereocenters. The molecule has 0 N–H and O–H groups in total. The zero-order valence-corrected chi connectivity index (χ0v) is 15.3. The number of nitrogens with zero attached hydrogens (tertiary/aromatic N) is 5. The summed E-state index contributed by atoms with van der Waals surface area (Å²) in [5.74, 6) is 3.32. The molecule has 0 aliphatic heterocycles. The van der Waals surface area contributed by atoms with Gasteiger partial charge in [0.1, 0.15) is 17.2 Å². The largest absolute Gasteiger partial charge is 0.467 e. The molecule has 0 radical (unpaired) electrons. The van der Waals surface area contributed by atoms with Crippen LogP contribution in [0, 0.1) is 6.92 Å². The summed E-state index contributed by atoms with van der Waals surface area (Å²) in [4.78, 5) is 4.75. The van der Waals surface area contributed by atoms with Gasteiger partial charge >= 0.3 is 0 Å². The average Bonchev–Trinajstić information content (AvgIpc) is 3.06. The van der Waals surface area contributed by atoms with Crippen molar-refractivity contribution in [2.75, 3.05) is 0 Å². The maximum Gasteiger partial charge on any atom is 0.192 e. The van der Waals surface area contributed by atoms with Gasteiger partial charge in [-0.25, -0.2) is 4.98 Å². The lowest BCUT2D eigenvalue weighted by Crippen LogP contribution is -2.05. The number of thioether (sulfide) groups is 1. The van der Waals surface area contributed by atoms with Gasteiger partial charge in [-0.2, -0.15) is 0 Å². The van der Waals surface area contributed by atoms with Gasteiger partial charge in [-0.1, -0.05) is 17.8 Å². The average molecular weight is 365 g/mol. The summed E-state index contributed by atoms with van der Waals surface area (Å²) < 4.78 is 9.81. The highest BCUT2D eigenvalue weighted by Crippen LogP contribution is 2.40. The topological polar surface area (TPSA) is 61.2 Å². The van der Waals surface area contributed by atoms with E-state index in [1.807, 2.05) is 24.4 Å². The highest BCUT2D eigenvalue weighted by molar-refractivity contribution is 7.98. The van der Waals surface area contributed by atoms with Crippen molar-refractivity contribution in [1.82, 2.24) is 24.1 Å². The molecule has 1 aliphatic rings. The van der Waals surface area contributed by atoms with Crippen molar-refractivity contribution in [3.8, 4) is 0 Å². The molecule has 0 spiro atoms. The van der Waals surface area contributed by atoms with E-state index in [9.17, 15) is 0 Å². The summed E-state index contributed by atoms with van der Waals surface area (Å²) >= 11 is 1.68. The van der Waals surface area contributed by atoms with Crippen LogP contribution in [0.25, 0.3) is 5.65 Å². The number of fused-ring (bicyclic) bond motifs is 1. The summed E-state index contributed by atoms with van der Waals surface area (Å²) in [5.41, 5.74) is 3.24. The van der Waals surface area contributed by atoms with E-state index >= 15 is 0 Å². The number of imidazole rings is 1. The van der Waals surface area contributed by atoms with E-state index in [4.69, 9.17) is 9.40 Å². The lowest BCUT2D eigenvalue weighted by Gasteiger charge is -2.07. The third-order valence-corrected chi connectivity index (χ3v) is 5.66. The van der Waals surface area contributed by atoms with Crippen LogP contribution in [0.2, 0.25) is 0 Å². The predicted molar refractivity (Wildman–Crippen MR) is 99.3 cm³/mol. The molecule has 1 fully saturated rings. The van der Waals surface area contributed by atoms with Gasteiger partial charge in [0.25, 0.3) is 0 Å². The Labute approximate surface area is 155 Å². The lowest BCUT2D eigenvalue weighted by atomic mass is 10.3. The summed E-state index contributed by atoms with van der Waals surface area (Å²) in [6, 6.07) is 8.04. The second-order valence-electron chi connectivity index (χ2n) is 6.72. The number of rotatable bonds is 6.